The van der Waals surface area contributed by atoms with Gasteiger partial charge < -0.3 is 10.6 Å². The molecule has 1 heterocycles. The summed E-state index contributed by atoms with van der Waals surface area (Å²) in [7, 11) is 0. The second-order valence-corrected chi connectivity index (χ2v) is 7.16. The summed E-state index contributed by atoms with van der Waals surface area (Å²) >= 11 is 0. The molecule has 0 fully saturated rings. The fourth-order valence-electron chi connectivity index (χ4n) is 3.28. The Balaban J connectivity index is 1.64. The molecule has 1 aromatic heterocycles. The van der Waals surface area contributed by atoms with Gasteiger partial charge in [-0.05, 0) is 54.5 Å². The number of rotatable bonds is 9. The summed E-state index contributed by atoms with van der Waals surface area (Å²) < 4.78 is 0. The van der Waals surface area contributed by atoms with Gasteiger partial charge in [0.15, 0.2) is 0 Å². The minimum Gasteiger partial charge on any atom is -0.348 e. The van der Waals surface area contributed by atoms with Crippen molar-refractivity contribution in [2.45, 2.75) is 26.9 Å². The molecule has 0 unspecified atom stereocenters. The Bertz CT molecular complexity index is 1020. The molecule has 0 aliphatic carbocycles. The highest BCUT2D eigenvalue weighted by atomic mass is 16.2. The second-order valence-electron chi connectivity index (χ2n) is 7.16. The molecule has 3 aromatic rings. The first-order valence-electron chi connectivity index (χ1n) is 10.5. The number of hydrogen-bond donors (Lipinski definition) is 2. The van der Waals surface area contributed by atoms with Gasteiger partial charge in [-0.15, -0.1) is 0 Å². The van der Waals surface area contributed by atoms with Crippen LogP contribution in [0.1, 0.15) is 45.8 Å². The zero-order valence-electron chi connectivity index (χ0n) is 18.0. The number of hydrogen-bond acceptors (Lipinski definition) is 4. The van der Waals surface area contributed by atoms with Crippen molar-refractivity contribution in [1.82, 2.24) is 15.2 Å². The lowest BCUT2D eigenvalue weighted by Gasteiger charge is -2.20. The first-order valence-corrected chi connectivity index (χ1v) is 10.5. The van der Waals surface area contributed by atoms with Crippen molar-refractivity contribution < 1.29 is 9.59 Å². The van der Waals surface area contributed by atoms with Crippen molar-refractivity contribution in [2.75, 3.05) is 18.4 Å². The third-order valence-corrected chi connectivity index (χ3v) is 5.13. The fourth-order valence-corrected chi connectivity index (χ4v) is 3.28. The molecule has 0 bridgehead atoms. The van der Waals surface area contributed by atoms with Crippen LogP contribution in [0.15, 0.2) is 72.9 Å². The molecule has 2 aromatic carbocycles. The number of pyridine rings is 1. The summed E-state index contributed by atoms with van der Waals surface area (Å²) in [6.07, 6.45) is 1.57. The number of carbonyl (C=O) groups is 2. The lowest BCUT2D eigenvalue weighted by molar-refractivity contribution is 0.0949. The number of nitrogens with zero attached hydrogens (tertiary/aromatic N) is 2. The molecule has 31 heavy (non-hydrogen) atoms. The van der Waals surface area contributed by atoms with Gasteiger partial charge in [0, 0.05) is 30.5 Å². The monoisotopic (exact) mass is 416 g/mol. The molecule has 6 nitrogen and oxygen atoms in total. The van der Waals surface area contributed by atoms with Crippen LogP contribution in [0.2, 0.25) is 0 Å². The van der Waals surface area contributed by atoms with E-state index in [2.05, 4.69) is 40.4 Å². The van der Waals surface area contributed by atoms with Gasteiger partial charge in [-0.2, -0.15) is 0 Å². The predicted octanol–water partition coefficient (Wildman–Crippen LogP) is 4.11. The third kappa shape index (κ3) is 6.23. The largest absolute Gasteiger partial charge is 0.348 e. The van der Waals surface area contributed by atoms with Crippen molar-refractivity contribution in [3.63, 3.8) is 0 Å². The van der Waals surface area contributed by atoms with Crippen molar-refractivity contribution in [1.29, 1.82) is 0 Å². The first kappa shape index (κ1) is 22.2. The maximum atomic E-state index is 12.7. The molecule has 0 atom stereocenters. The van der Waals surface area contributed by atoms with Crippen LogP contribution in [0.5, 0.6) is 0 Å². The number of amides is 2. The molecule has 0 saturated carbocycles. The van der Waals surface area contributed by atoms with Gasteiger partial charge in [0.2, 0.25) is 0 Å². The topological polar surface area (TPSA) is 74.3 Å². The highest BCUT2D eigenvalue weighted by molar-refractivity contribution is 6.03. The molecule has 0 aliphatic heterocycles. The smallest absolute Gasteiger partial charge is 0.274 e. The van der Waals surface area contributed by atoms with E-state index in [9.17, 15) is 9.59 Å². The Labute approximate surface area is 183 Å². The van der Waals surface area contributed by atoms with Crippen LogP contribution >= 0.6 is 0 Å². The Morgan fingerprint density at radius 3 is 2.32 bits per heavy atom. The van der Waals surface area contributed by atoms with Crippen LogP contribution < -0.4 is 10.6 Å². The summed E-state index contributed by atoms with van der Waals surface area (Å²) in [6, 6.07) is 20.2. The van der Waals surface area contributed by atoms with E-state index < -0.39 is 0 Å². The molecule has 2 amide bonds. The van der Waals surface area contributed by atoms with E-state index in [-0.39, 0.29) is 11.8 Å². The number of carbonyl (C=O) groups excluding carboxylic acids is 2. The van der Waals surface area contributed by atoms with E-state index in [0.29, 0.717) is 23.5 Å². The van der Waals surface area contributed by atoms with Gasteiger partial charge in [0.05, 0.1) is 0 Å². The lowest BCUT2D eigenvalue weighted by atomic mass is 10.1. The molecular weight excluding hydrogens is 388 g/mol. The first-order chi connectivity index (χ1) is 15.1. The van der Waals surface area contributed by atoms with E-state index >= 15 is 0 Å². The quantitative estimate of drug-likeness (QED) is 0.551. The maximum Gasteiger partial charge on any atom is 0.274 e. The average molecular weight is 417 g/mol. The van der Waals surface area contributed by atoms with Gasteiger partial charge >= 0.3 is 0 Å². The summed E-state index contributed by atoms with van der Waals surface area (Å²) in [6.45, 7) is 7.55. The third-order valence-electron chi connectivity index (χ3n) is 5.13. The van der Waals surface area contributed by atoms with Gasteiger partial charge in [-0.3, -0.25) is 19.5 Å². The number of nitrogens with one attached hydrogen (secondary N) is 2. The summed E-state index contributed by atoms with van der Waals surface area (Å²) in [5.41, 5.74) is 3.66. The normalized spacial score (nSPS) is 10.7. The molecule has 0 radical (unpaired) electrons. The zero-order chi connectivity index (χ0) is 22.1. The Morgan fingerprint density at radius 1 is 0.871 bits per heavy atom. The number of anilines is 1. The molecule has 0 spiro atoms. The molecule has 6 heteroatoms. The van der Waals surface area contributed by atoms with E-state index in [1.165, 1.54) is 5.56 Å². The van der Waals surface area contributed by atoms with Crippen LogP contribution in [0.3, 0.4) is 0 Å². The van der Waals surface area contributed by atoms with Gasteiger partial charge in [0.1, 0.15) is 5.69 Å². The summed E-state index contributed by atoms with van der Waals surface area (Å²) in [4.78, 5) is 31.4. The van der Waals surface area contributed by atoms with Crippen molar-refractivity contribution in [3.05, 3.63) is 95.3 Å². The number of benzene rings is 2. The van der Waals surface area contributed by atoms with Crippen molar-refractivity contribution in [2.24, 2.45) is 0 Å². The van der Waals surface area contributed by atoms with E-state index in [1.807, 2.05) is 18.2 Å². The van der Waals surface area contributed by atoms with E-state index in [0.717, 1.165) is 25.2 Å². The van der Waals surface area contributed by atoms with Crippen LogP contribution in [0.4, 0.5) is 5.69 Å². The van der Waals surface area contributed by atoms with Crippen LogP contribution in [0.25, 0.3) is 0 Å². The molecule has 0 saturated heterocycles. The summed E-state index contributed by atoms with van der Waals surface area (Å²) in [5.74, 6) is -0.505. The minimum atomic E-state index is -0.316. The predicted molar refractivity (Wildman–Crippen MR) is 123 cm³/mol. The van der Waals surface area contributed by atoms with Gasteiger partial charge in [-0.1, -0.05) is 50.2 Å². The lowest BCUT2D eigenvalue weighted by Crippen LogP contribution is -2.26. The van der Waals surface area contributed by atoms with Crippen LogP contribution in [-0.4, -0.2) is 34.8 Å². The van der Waals surface area contributed by atoms with Crippen molar-refractivity contribution in [3.8, 4) is 0 Å². The standard InChI is InChI=1S/C25H28N4O2/c1-3-29(4-2)18-21-11-6-5-10-20(21)17-27-24(30)19-12-9-13-22(16-19)28-25(31)23-14-7-8-15-26-23/h5-16H,3-4,17-18H2,1-2H3,(H,27,30)(H,28,31). The fraction of sp³-hybridized carbons (Fsp3) is 0.240. The molecule has 160 valence electrons. The van der Waals surface area contributed by atoms with Crippen LogP contribution in [0, 0.1) is 0 Å². The Morgan fingerprint density at radius 2 is 1.61 bits per heavy atom. The summed E-state index contributed by atoms with van der Waals surface area (Å²) in [5, 5.41) is 5.78. The highest BCUT2D eigenvalue weighted by Gasteiger charge is 2.11. The molecule has 2 N–H and O–H groups in total. The van der Waals surface area contributed by atoms with Gasteiger partial charge in [0.25, 0.3) is 11.8 Å². The molecule has 0 aliphatic rings. The minimum absolute atomic E-state index is 0.188. The number of aromatic nitrogens is 1. The van der Waals surface area contributed by atoms with Crippen LogP contribution in [-0.2, 0) is 13.1 Å². The molecular formula is C25H28N4O2. The Hall–Kier alpha value is -3.51. The van der Waals surface area contributed by atoms with Crippen molar-refractivity contribution >= 4 is 17.5 Å². The second kappa shape index (κ2) is 11.0. The molecule has 3 rings (SSSR count). The van der Waals surface area contributed by atoms with E-state index in [1.54, 1.807) is 48.7 Å². The highest BCUT2D eigenvalue weighted by Crippen LogP contribution is 2.14. The Kier molecular flexibility index (Phi) is 7.90. The van der Waals surface area contributed by atoms with E-state index in [4.69, 9.17) is 0 Å². The SMILES string of the molecule is CCN(CC)Cc1ccccc1CNC(=O)c1cccc(NC(=O)c2ccccn2)c1. The maximum absolute atomic E-state index is 12.7. The zero-order valence-corrected chi connectivity index (χ0v) is 18.0. The average Bonchev–Trinajstić information content (AvgIpc) is 2.82. The van der Waals surface area contributed by atoms with Gasteiger partial charge in [-0.25, -0.2) is 0 Å².